The molecule has 8 nitrogen and oxygen atoms in total. The fraction of sp³-hybridized carbons (Fsp3) is 0.550. The van der Waals surface area contributed by atoms with E-state index in [1.54, 1.807) is 12.4 Å². The van der Waals surface area contributed by atoms with Gasteiger partial charge in [0, 0.05) is 25.9 Å². The molecule has 2 saturated heterocycles. The quantitative estimate of drug-likeness (QED) is 0.847. The van der Waals surface area contributed by atoms with Crippen LogP contribution in [0.4, 0.5) is 4.79 Å². The number of amides is 1. The van der Waals surface area contributed by atoms with Gasteiger partial charge in [-0.1, -0.05) is 0 Å². The van der Waals surface area contributed by atoms with Gasteiger partial charge >= 0.3 is 6.09 Å². The zero-order chi connectivity index (χ0) is 19.3. The molecule has 1 atom stereocenters. The lowest BCUT2D eigenvalue weighted by atomic mass is 9.98. The van der Waals surface area contributed by atoms with Crippen LogP contribution in [0.15, 0.2) is 30.6 Å². The van der Waals surface area contributed by atoms with E-state index in [2.05, 4.69) is 10.1 Å². The third-order valence-corrected chi connectivity index (χ3v) is 5.47. The molecule has 4 rings (SSSR count). The standard InChI is InChI=1S/C20H26N4O4/c25-20(26)23-10-7-15(8-11-23)14-28-16-4-5-17(21-13-16)18-6-9-22-24(18)19-3-1-2-12-27-19/h4-6,9,13,15,19H,1-3,7-8,10-12,14H2,(H,25,26). The minimum atomic E-state index is -0.836. The molecule has 0 bridgehead atoms. The van der Waals surface area contributed by atoms with Gasteiger partial charge in [-0.3, -0.25) is 4.98 Å². The van der Waals surface area contributed by atoms with Gasteiger partial charge in [0.1, 0.15) is 5.75 Å². The molecule has 0 saturated carbocycles. The summed E-state index contributed by atoms with van der Waals surface area (Å²) in [6.07, 6.45) is 7.55. The minimum Gasteiger partial charge on any atom is -0.492 e. The van der Waals surface area contributed by atoms with E-state index < -0.39 is 6.09 Å². The van der Waals surface area contributed by atoms with E-state index in [-0.39, 0.29) is 6.23 Å². The molecule has 0 spiro atoms. The number of hydrogen-bond acceptors (Lipinski definition) is 5. The first-order valence-electron chi connectivity index (χ1n) is 9.93. The number of hydrogen-bond donors (Lipinski definition) is 1. The number of nitrogens with zero attached hydrogens (tertiary/aromatic N) is 4. The van der Waals surface area contributed by atoms with Gasteiger partial charge in [-0.15, -0.1) is 0 Å². The van der Waals surface area contributed by atoms with Crippen LogP contribution >= 0.6 is 0 Å². The maximum atomic E-state index is 11.0. The molecule has 150 valence electrons. The number of carboxylic acid groups (broad SMARTS) is 1. The summed E-state index contributed by atoms with van der Waals surface area (Å²) in [5, 5.41) is 13.4. The van der Waals surface area contributed by atoms with Gasteiger partial charge in [0.25, 0.3) is 0 Å². The van der Waals surface area contributed by atoms with Crippen LogP contribution in [0, 0.1) is 5.92 Å². The van der Waals surface area contributed by atoms with Gasteiger partial charge in [0.05, 0.1) is 24.2 Å². The number of ether oxygens (including phenoxy) is 2. The number of likely N-dealkylation sites (tertiary alicyclic amines) is 1. The summed E-state index contributed by atoms with van der Waals surface area (Å²) in [6, 6.07) is 5.82. The fourth-order valence-corrected chi connectivity index (χ4v) is 3.79. The van der Waals surface area contributed by atoms with Gasteiger partial charge in [0.2, 0.25) is 0 Å². The van der Waals surface area contributed by atoms with E-state index in [1.807, 2.05) is 22.9 Å². The van der Waals surface area contributed by atoms with Crippen molar-refractivity contribution in [3.63, 3.8) is 0 Å². The highest BCUT2D eigenvalue weighted by Gasteiger charge is 2.23. The first kappa shape index (κ1) is 18.7. The van der Waals surface area contributed by atoms with Crippen molar-refractivity contribution in [2.75, 3.05) is 26.3 Å². The van der Waals surface area contributed by atoms with Crippen LogP contribution in [0.1, 0.15) is 38.3 Å². The van der Waals surface area contributed by atoms with Gasteiger partial charge in [0.15, 0.2) is 6.23 Å². The first-order chi connectivity index (χ1) is 13.7. The summed E-state index contributed by atoms with van der Waals surface area (Å²) < 4.78 is 13.6. The molecule has 0 aliphatic carbocycles. The van der Waals surface area contributed by atoms with Crippen LogP contribution in [-0.2, 0) is 4.74 Å². The zero-order valence-corrected chi connectivity index (χ0v) is 15.9. The van der Waals surface area contributed by atoms with Crippen LogP contribution in [-0.4, -0.2) is 57.2 Å². The summed E-state index contributed by atoms with van der Waals surface area (Å²) >= 11 is 0. The molecule has 2 aromatic rings. The number of aromatic nitrogens is 3. The molecular formula is C20H26N4O4. The second-order valence-electron chi connectivity index (χ2n) is 7.39. The van der Waals surface area contributed by atoms with Crippen LogP contribution in [0.25, 0.3) is 11.4 Å². The highest BCUT2D eigenvalue weighted by Crippen LogP contribution is 2.28. The summed E-state index contributed by atoms with van der Waals surface area (Å²) in [7, 11) is 0. The molecule has 1 N–H and O–H groups in total. The predicted octanol–water partition coefficient (Wildman–Crippen LogP) is 3.41. The van der Waals surface area contributed by atoms with Crippen LogP contribution in [0.5, 0.6) is 5.75 Å². The third kappa shape index (κ3) is 4.27. The minimum absolute atomic E-state index is 0.0202. The summed E-state index contributed by atoms with van der Waals surface area (Å²) in [4.78, 5) is 17.0. The monoisotopic (exact) mass is 386 g/mol. The van der Waals surface area contributed by atoms with E-state index in [0.717, 1.165) is 55.8 Å². The lowest BCUT2D eigenvalue weighted by molar-refractivity contribution is -0.0384. The Kier molecular flexibility index (Phi) is 5.76. The topological polar surface area (TPSA) is 89.7 Å². The van der Waals surface area contributed by atoms with Crippen molar-refractivity contribution in [2.45, 2.75) is 38.3 Å². The average Bonchev–Trinajstić information content (AvgIpc) is 3.23. The van der Waals surface area contributed by atoms with Crippen molar-refractivity contribution >= 4 is 6.09 Å². The molecule has 4 heterocycles. The molecule has 2 aromatic heterocycles. The normalized spacial score (nSPS) is 20.9. The molecule has 1 unspecified atom stereocenters. The number of piperidine rings is 1. The van der Waals surface area contributed by atoms with Gasteiger partial charge in [-0.25, -0.2) is 9.48 Å². The second kappa shape index (κ2) is 8.60. The molecule has 2 aliphatic heterocycles. The largest absolute Gasteiger partial charge is 0.492 e. The van der Waals surface area contributed by atoms with Gasteiger partial charge in [-0.05, 0) is 56.2 Å². The zero-order valence-electron chi connectivity index (χ0n) is 15.9. The first-order valence-corrected chi connectivity index (χ1v) is 9.93. The molecule has 2 fully saturated rings. The smallest absolute Gasteiger partial charge is 0.407 e. The van der Waals surface area contributed by atoms with E-state index in [0.29, 0.717) is 25.6 Å². The van der Waals surface area contributed by atoms with E-state index in [1.165, 1.54) is 4.90 Å². The molecule has 0 radical (unpaired) electrons. The second-order valence-corrected chi connectivity index (χ2v) is 7.39. The summed E-state index contributed by atoms with van der Waals surface area (Å²) in [5.41, 5.74) is 1.79. The molecule has 28 heavy (non-hydrogen) atoms. The number of rotatable bonds is 5. The van der Waals surface area contributed by atoms with Crippen molar-refractivity contribution in [1.82, 2.24) is 19.7 Å². The molecule has 0 aromatic carbocycles. The number of carbonyl (C=O) groups is 1. The van der Waals surface area contributed by atoms with Gasteiger partial charge in [-0.2, -0.15) is 5.10 Å². The molecule has 2 aliphatic rings. The Labute approximate surface area is 164 Å². The Morgan fingerprint density at radius 2 is 2.07 bits per heavy atom. The predicted molar refractivity (Wildman–Crippen MR) is 102 cm³/mol. The summed E-state index contributed by atoms with van der Waals surface area (Å²) in [5.74, 6) is 1.10. The fourth-order valence-electron chi connectivity index (χ4n) is 3.79. The lowest BCUT2D eigenvalue weighted by Crippen LogP contribution is -2.38. The maximum Gasteiger partial charge on any atom is 0.407 e. The highest BCUT2D eigenvalue weighted by atomic mass is 16.5. The Balaban J connectivity index is 1.34. The van der Waals surface area contributed by atoms with E-state index in [4.69, 9.17) is 14.6 Å². The SMILES string of the molecule is O=C(O)N1CCC(COc2ccc(-c3ccnn3C3CCCCO3)nc2)CC1. The van der Waals surface area contributed by atoms with Gasteiger partial charge < -0.3 is 19.5 Å². The molecular weight excluding hydrogens is 360 g/mol. The van der Waals surface area contributed by atoms with Crippen molar-refractivity contribution in [3.05, 3.63) is 30.6 Å². The number of pyridine rings is 1. The maximum absolute atomic E-state index is 11.0. The Morgan fingerprint density at radius 1 is 1.21 bits per heavy atom. The van der Waals surface area contributed by atoms with Crippen molar-refractivity contribution in [1.29, 1.82) is 0 Å². The highest BCUT2D eigenvalue weighted by molar-refractivity contribution is 5.65. The Bertz CT molecular complexity index is 778. The van der Waals surface area contributed by atoms with Crippen molar-refractivity contribution < 1.29 is 19.4 Å². The van der Waals surface area contributed by atoms with Crippen molar-refractivity contribution in [3.8, 4) is 17.1 Å². The lowest BCUT2D eigenvalue weighted by Gasteiger charge is -2.29. The molecule has 8 heteroatoms. The molecule has 1 amide bonds. The third-order valence-electron chi connectivity index (χ3n) is 5.47. The Morgan fingerprint density at radius 3 is 2.75 bits per heavy atom. The van der Waals surface area contributed by atoms with Crippen LogP contribution < -0.4 is 4.74 Å². The van der Waals surface area contributed by atoms with Crippen LogP contribution in [0.2, 0.25) is 0 Å². The van der Waals surface area contributed by atoms with Crippen molar-refractivity contribution in [2.24, 2.45) is 5.92 Å². The Hall–Kier alpha value is -2.61. The average molecular weight is 386 g/mol. The summed E-state index contributed by atoms with van der Waals surface area (Å²) in [6.45, 7) is 2.51. The van der Waals surface area contributed by atoms with E-state index in [9.17, 15) is 4.79 Å². The van der Waals surface area contributed by atoms with Crippen LogP contribution in [0.3, 0.4) is 0 Å². The van der Waals surface area contributed by atoms with E-state index >= 15 is 0 Å².